The third kappa shape index (κ3) is 2.11. The van der Waals surface area contributed by atoms with Gasteiger partial charge in [-0.3, -0.25) is 4.79 Å². The van der Waals surface area contributed by atoms with Crippen LogP contribution >= 0.6 is 0 Å². The normalized spacial score (nSPS) is 11.3. The molecule has 2 nitrogen and oxygen atoms in total. The molecular weight excluding hydrogens is 284 g/mol. The van der Waals surface area contributed by atoms with E-state index in [0.717, 1.165) is 4.57 Å². The van der Waals surface area contributed by atoms with E-state index < -0.39 is 17.3 Å². The van der Waals surface area contributed by atoms with Crippen LogP contribution in [0.2, 0.25) is 0 Å². The van der Waals surface area contributed by atoms with Crippen LogP contribution in [-0.2, 0) is 0 Å². The number of nitrogens with zero attached hydrogens (tertiary/aromatic N) is 1. The van der Waals surface area contributed by atoms with Crippen molar-refractivity contribution in [3.8, 4) is 5.69 Å². The Morgan fingerprint density at radius 2 is 1.50 bits per heavy atom. The Hall–Kier alpha value is -2.49. The molecule has 0 fully saturated rings. The number of benzene rings is 2. The topological polar surface area (TPSA) is 22.0 Å². The minimum absolute atomic E-state index is 0.0716. The molecule has 0 aliphatic carbocycles. The zero-order chi connectivity index (χ0) is 15.9. The average molecular weight is 299 g/mol. The second-order valence-electron chi connectivity index (χ2n) is 5.50. The van der Waals surface area contributed by atoms with Crippen molar-refractivity contribution >= 4 is 10.8 Å². The van der Waals surface area contributed by atoms with Gasteiger partial charge in [0.2, 0.25) is 5.95 Å². The zero-order valence-corrected chi connectivity index (χ0v) is 12.3. The fourth-order valence-electron chi connectivity index (χ4n) is 2.74. The second kappa shape index (κ2) is 5.37. The van der Waals surface area contributed by atoms with Crippen LogP contribution in [0.15, 0.2) is 53.3 Å². The molecule has 0 saturated carbocycles. The third-order valence-electron chi connectivity index (χ3n) is 3.74. The van der Waals surface area contributed by atoms with E-state index in [-0.39, 0.29) is 11.6 Å². The van der Waals surface area contributed by atoms with Crippen LogP contribution in [0.25, 0.3) is 16.5 Å². The summed E-state index contributed by atoms with van der Waals surface area (Å²) in [6.07, 6.45) is 0. The Bertz CT molecular complexity index is 913. The van der Waals surface area contributed by atoms with Crippen molar-refractivity contribution in [2.75, 3.05) is 0 Å². The van der Waals surface area contributed by atoms with Gasteiger partial charge in [0.05, 0.1) is 5.69 Å². The third-order valence-corrected chi connectivity index (χ3v) is 3.74. The summed E-state index contributed by atoms with van der Waals surface area (Å²) in [6, 6.07) is 12.5. The van der Waals surface area contributed by atoms with Gasteiger partial charge in [-0.15, -0.1) is 0 Å². The molecule has 0 bridgehead atoms. The summed E-state index contributed by atoms with van der Waals surface area (Å²) in [4.78, 5) is 12.6. The lowest BCUT2D eigenvalue weighted by Crippen LogP contribution is -2.24. The molecule has 4 heteroatoms. The van der Waals surface area contributed by atoms with Gasteiger partial charge in [-0.1, -0.05) is 44.2 Å². The molecule has 0 amide bonds. The summed E-state index contributed by atoms with van der Waals surface area (Å²) < 4.78 is 29.8. The fraction of sp³-hybridized carbons (Fsp3) is 0.167. The molecular formula is C18H15F2NO. The number of pyridine rings is 1. The van der Waals surface area contributed by atoms with Crippen LogP contribution in [0, 0.1) is 11.8 Å². The van der Waals surface area contributed by atoms with Gasteiger partial charge < -0.3 is 0 Å². The highest BCUT2D eigenvalue weighted by Gasteiger charge is 2.20. The van der Waals surface area contributed by atoms with E-state index in [1.807, 2.05) is 13.8 Å². The number of rotatable bonds is 2. The number of fused-ring (bicyclic) bond motifs is 1. The number of hydrogen-bond donors (Lipinski definition) is 0. The van der Waals surface area contributed by atoms with Crippen LogP contribution < -0.4 is 5.56 Å². The maximum absolute atomic E-state index is 15.0. The van der Waals surface area contributed by atoms with Crippen molar-refractivity contribution in [2.45, 2.75) is 19.8 Å². The molecule has 0 atom stereocenters. The van der Waals surface area contributed by atoms with Gasteiger partial charge >= 0.3 is 0 Å². The fourth-order valence-corrected chi connectivity index (χ4v) is 2.74. The molecule has 0 aliphatic heterocycles. The first kappa shape index (κ1) is 14.4. The van der Waals surface area contributed by atoms with E-state index >= 15 is 0 Å². The summed E-state index contributed by atoms with van der Waals surface area (Å²) >= 11 is 0. The number of para-hydroxylation sites is 1. The standard InChI is InChI=1S/C18H15F2NO/c1-11(2)16-12-7-3-4-8-13(12)18(22)21(17(16)20)15-10-6-5-9-14(15)19/h3-11H,1-2H3. The summed E-state index contributed by atoms with van der Waals surface area (Å²) in [7, 11) is 0. The number of hydrogen-bond acceptors (Lipinski definition) is 1. The van der Waals surface area contributed by atoms with E-state index in [4.69, 9.17) is 0 Å². The Morgan fingerprint density at radius 3 is 2.14 bits per heavy atom. The van der Waals surface area contributed by atoms with Crippen molar-refractivity contribution in [2.24, 2.45) is 0 Å². The van der Waals surface area contributed by atoms with E-state index in [0.29, 0.717) is 16.3 Å². The minimum atomic E-state index is -0.705. The predicted octanol–water partition coefficient (Wildman–Crippen LogP) is 4.39. The van der Waals surface area contributed by atoms with Crippen LogP contribution in [0.1, 0.15) is 25.3 Å². The van der Waals surface area contributed by atoms with E-state index in [1.165, 1.54) is 18.2 Å². The first-order valence-electron chi connectivity index (χ1n) is 7.10. The van der Waals surface area contributed by atoms with Crippen molar-refractivity contribution in [3.63, 3.8) is 0 Å². The molecule has 1 aromatic heterocycles. The number of aromatic nitrogens is 1. The van der Waals surface area contributed by atoms with E-state index in [1.54, 1.807) is 30.3 Å². The Labute approximate surface area is 126 Å². The van der Waals surface area contributed by atoms with Gasteiger partial charge in [0.15, 0.2) is 0 Å². The summed E-state index contributed by atoms with van der Waals surface area (Å²) in [5.74, 6) is -1.47. The number of halogens is 2. The van der Waals surface area contributed by atoms with Crippen molar-refractivity contribution in [3.05, 3.63) is 76.2 Å². The largest absolute Gasteiger partial charge is 0.268 e. The van der Waals surface area contributed by atoms with Crippen molar-refractivity contribution in [1.29, 1.82) is 0 Å². The lowest BCUT2D eigenvalue weighted by atomic mass is 9.97. The quantitative estimate of drug-likeness (QED) is 0.643. The Morgan fingerprint density at radius 1 is 0.909 bits per heavy atom. The average Bonchev–Trinajstić information content (AvgIpc) is 2.49. The van der Waals surface area contributed by atoms with Gasteiger partial charge in [-0.25, -0.2) is 8.96 Å². The van der Waals surface area contributed by atoms with Gasteiger partial charge in [0.1, 0.15) is 5.82 Å². The molecule has 2 aromatic carbocycles. The van der Waals surface area contributed by atoms with Crippen LogP contribution in [0.3, 0.4) is 0 Å². The van der Waals surface area contributed by atoms with Gasteiger partial charge in [-0.05, 0) is 29.5 Å². The summed E-state index contributed by atoms with van der Waals surface area (Å²) in [5.41, 5.74) is -0.210. The maximum atomic E-state index is 15.0. The maximum Gasteiger partial charge on any atom is 0.265 e. The molecule has 22 heavy (non-hydrogen) atoms. The molecule has 1 heterocycles. The lowest BCUT2D eigenvalue weighted by Gasteiger charge is -2.17. The van der Waals surface area contributed by atoms with Gasteiger partial charge in [0, 0.05) is 10.9 Å². The zero-order valence-electron chi connectivity index (χ0n) is 12.3. The summed E-state index contributed by atoms with van der Waals surface area (Å²) in [6.45, 7) is 3.70. The van der Waals surface area contributed by atoms with Crippen LogP contribution in [-0.4, -0.2) is 4.57 Å². The Balaban J connectivity index is 2.52. The highest BCUT2D eigenvalue weighted by atomic mass is 19.1. The molecule has 3 aromatic rings. The highest BCUT2D eigenvalue weighted by molar-refractivity contribution is 5.85. The van der Waals surface area contributed by atoms with Gasteiger partial charge in [0.25, 0.3) is 5.56 Å². The first-order valence-corrected chi connectivity index (χ1v) is 7.10. The molecule has 0 spiro atoms. The van der Waals surface area contributed by atoms with Gasteiger partial charge in [-0.2, -0.15) is 4.39 Å². The molecule has 112 valence electrons. The van der Waals surface area contributed by atoms with E-state index in [9.17, 15) is 13.6 Å². The van der Waals surface area contributed by atoms with E-state index in [2.05, 4.69) is 0 Å². The van der Waals surface area contributed by atoms with Crippen LogP contribution in [0.5, 0.6) is 0 Å². The second-order valence-corrected chi connectivity index (χ2v) is 5.50. The predicted molar refractivity (Wildman–Crippen MR) is 83.6 cm³/mol. The molecule has 0 radical (unpaired) electrons. The first-order chi connectivity index (χ1) is 10.5. The molecule has 0 saturated heterocycles. The highest BCUT2D eigenvalue weighted by Crippen LogP contribution is 2.28. The molecule has 3 rings (SSSR count). The van der Waals surface area contributed by atoms with Crippen molar-refractivity contribution < 1.29 is 8.78 Å². The minimum Gasteiger partial charge on any atom is -0.268 e. The smallest absolute Gasteiger partial charge is 0.265 e. The lowest BCUT2D eigenvalue weighted by molar-refractivity contribution is 0.513. The molecule has 0 aliphatic rings. The monoisotopic (exact) mass is 299 g/mol. The summed E-state index contributed by atoms with van der Waals surface area (Å²) in [5, 5.41) is 0.962. The SMILES string of the molecule is CC(C)c1c(F)n(-c2ccccc2F)c(=O)c2ccccc12. The Kier molecular flexibility index (Phi) is 3.53. The molecule has 0 N–H and O–H groups in total. The van der Waals surface area contributed by atoms with Crippen molar-refractivity contribution in [1.82, 2.24) is 4.57 Å². The van der Waals surface area contributed by atoms with Crippen LogP contribution in [0.4, 0.5) is 8.78 Å². The molecule has 0 unspecified atom stereocenters.